The van der Waals surface area contributed by atoms with Gasteiger partial charge in [0.05, 0.1) is 5.52 Å². The summed E-state index contributed by atoms with van der Waals surface area (Å²) in [6, 6.07) is 13.1. The topological polar surface area (TPSA) is 33.6 Å². The van der Waals surface area contributed by atoms with Gasteiger partial charge in [0.1, 0.15) is 0 Å². The van der Waals surface area contributed by atoms with Crippen LogP contribution in [0.4, 0.5) is 0 Å². The highest BCUT2D eigenvalue weighted by Gasteiger charge is 2.24. The number of pyridine rings is 1. The Labute approximate surface area is 122 Å². The molecule has 4 rings (SSSR count). The van der Waals surface area contributed by atoms with E-state index in [2.05, 4.69) is 44.9 Å². The highest BCUT2D eigenvalue weighted by molar-refractivity contribution is 7.71. The van der Waals surface area contributed by atoms with Gasteiger partial charge in [0.15, 0.2) is 10.4 Å². The number of aromatic amines is 1. The second-order valence-electron chi connectivity index (χ2n) is 5.45. The fourth-order valence-electron chi connectivity index (χ4n) is 3.15. The van der Waals surface area contributed by atoms with Gasteiger partial charge >= 0.3 is 0 Å². The van der Waals surface area contributed by atoms with E-state index in [-0.39, 0.29) is 0 Å². The first-order valence-corrected chi connectivity index (χ1v) is 7.28. The summed E-state index contributed by atoms with van der Waals surface area (Å²) in [5, 5.41) is 0. The highest BCUT2D eigenvalue weighted by atomic mass is 32.1. The number of imidazole rings is 1. The summed E-state index contributed by atoms with van der Waals surface area (Å²) >= 11 is 5.51. The van der Waals surface area contributed by atoms with Crippen molar-refractivity contribution >= 4 is 23.4 Å². The van der Waals surface area contributed by atoms with Crippen molar-refractivity contribution in [3.63, 3.8) is 0 Å². The minimum Gasteiger partial charge on any atom is -0.329 e. The standard InChI is InChI=1S/C16H15N3S/c1-10-6-7-14-15(17-10)19(16(20)18-14)13-8-11-4-2-3-5-12(11)9-13/h2-7,13H,8-9H2,1H3,(H,18,20). The number of hydrogen-bond donors (Lipinski definition) is 1. The molecule has 0 fully saturated rings. The highest BCUT2D eigenvalue weighted by Crippen LogP contribution is 2.32. The van der Waals surface area contributed by atoms with E-state index in [4.69, 9.17) is 12.2 Å². The molecule has 1 N–H and O–H groups in total. The van der Waals surface area contributed by atoms with Gasteiger partial charge in [0, 0.05) is 11.7 Å². The molecule has 3 nitrogen and oxygen atoms in total. The smallest absolute Gasteiger partial charge is 0.179 e. The van der Waals surface area contributed by atoms with Crippen molar-refractivity contribution in [1.82, 2.24) is 14.5 Å². The van der Waals surface area contributed by atoms with Crippen LogP contribution in [0.15, 0.2) is 36.4 Å². The lowest BCUT2D eigenvalue weighted by molar-refractivity contribution is 0.534. The molecule has 0 spiro atoms. The number of aromatic nitrogens is 3. The lowest BCUT2D eigenvalue weighted by Gasteiger charge is -2.12. The molecule has 0 aliphatic heterocycles. The van der Waals surface area contributed by atoms with Gasteiger partial charge in [-0.25, -0.2) is 4.98 Å². The van der Waals surface area contributed by atoms with Crippen LogP contribution in [-0.4, -0.2) is 14.5 Å². The lowest BCUT2D eigenvalue weighted by Crippen LogP contribution is -2.09. The van der Waals surface area contributed by atoms with E-state index < -0.39 is 0 Å². The summed E-state index contributed by atoms with van der Waals surface area (Å²) in [5.41, 5.74) is 5.89. The minimum absolute atomic E-state index is 0.378. The van der Waals surface area contributed by atoms with Gasteiger partial charge in [-0.05, 0) is 55.2 Å². The van der Waals surface area contributed by atoms with Crippen molar-refractivity contribution in [2.24, 2.45) is 0 Å². The summed E-state index contributed by atoms with van der Waals surface area (Å²) in [6.07, 6.45) is 2.07. The molecule has 0 amide bonds. The van der Waals surface area contributed by atoms with Crippen LogP contribution in [0.5, 0.6) is 0 Å². The Morgan fingerprint density at radius 3 is 2.55 bits per heavy atom. The number of nitrogens with zero attached hydrogens (tertiary/aromatic N) is 2. The zero-order valence-corrected chi connectivity index (χ0v) is 12.1. The van der Waals surface area contributed by atoms with Crippen LogP contribution in [0.25, 0.3) is 11.2 Å². The number of rotatable bonds is 1. The van der Waals surface area contributed by atoms with Gasteiger partial charge in [-0.1, -0.05) is 24.3 Å². The third kappa shape index (κ3) is 1.72. The summed E-state index contributed by atoms with van der Waals surface area (Å²) in [6.45, 7) is 2.02. The van der Waals surface area contributed by atoms with E-state index >= 15 is 0 Å². The third-order valence-corrected chi connectivity index (χ3v) is 4.40. The van der Waals surface area contributed by atoms with Crippen molar-refractivity contribution in [3.8, 4) is 0 Å². The van der Waals surface area contributed by atoms with Crippen molar-refractivity contribution < 1.29 is 0 Å². The van der Waals surface area contributed by atoms with Gasteiger partial charge in [-0.15, -0.1) is 0 Å². The van der Waals surface area contributed by atoms with Gasteiger partial charge in [0.2, 0.25) is 0 Å². The van der Waals surface area contributed by atoms with E-state index in [1.807, 2.05) is 13.0 Å². The van der Waals surface area contributed by atoms with Crippen LogP contribution in [0.3, 0.4) is 0 Å². The summed E-state index contributed by atoms with van der Waals surface area (Å²) in [4.78, 5) is 7.94. The fraction of sp³-hybridized carbons (Fsp3) is 0.250. The minimum atomic E-state index is 0.378. The molecule has 0 saturated heterocycles. The molecule has 0 radical (unpaired) electrons. The van der Waals surface area contributed by atoms with E-state index in [0.717, 1.165) is 34.5 Å². The van der Waals surface area contributed by atoms with Crippen molar-refractivity contribution in [3.05, 3.63) is 58.0 Å². The van der Waals surface area contributed by atoms with Gasteiger partial charge in [0.25, 0.3) is 0 Å². The number of aryl methyl sites for hydroxylation is 1. The van der Waals surface area contributed by atoms with Crippen molar-refractivity contribution in [1.29, 1.82) is 0 Å². The molecule has 20 heavy (non-hydrogen) atoms. The largest absolute Gasteiger partial charge is 0.329 e. The van der Waals surface area contributed by atoms with E-state index in [1.54, 1.807) is 0 Å². The molecule has 2 heterocycles. The molecule has 3 aromatic rings. The summed E-state index contributed by atoms with van der Waals surface area (Å²) in [5.74, 6) is 0. The lowest BCUT2D eigenvalue weighted by atomic mass is 10.1. The normalized spacial score (nSPS) is 14.8. The van der Waals surface area contributed by atoms with Crippen LogP contribution in [-0.2, 0) is 12.8 Å². The van der Waals surface area contributed by atoms with Gasteiger partial charge < -0.3 is 4.98 Å². The van der Waals surface area contributed by atoms with Crippen molar-refractivity contribution in [2.75, 3.05) is 0 Å². The predicted molar refractivity (Wildman–Crippen MR) is 82.5 cm³/mol. The molecule has 0 atom stereocenters. The molecule has 4 heteroatoms. The SMILES string of the molecule is Cc1ccc2[nH]c(=S)n(C3Cc4ccccc4C3)c2n1. The average molecular weight is 281 g/mol. The number of hydrogen-bond acceptors (Lipinski definition) is 2. The van der Waals surface area contributed by atoms with Crippen molar-refractivity contribution in [2.45, 2.75) is 25.8 Å². The number of nitrogens with one attached hydrogen (secondary N) is 1. The first kappa shape index (κ1) is 11.9. The van der Waals surface area contributed by atoms with Gasteiger partial charge in [-0.2, -0.15) is 0 Å². The molecule has 0 saturated carbocycles. The first-order valence-electron chi connectivity index (χ1n) is 6.87. The molecule has 0 bridgehead atoms. The van der Waals surface area contributed by atoms with E-state index in [0.29, 0.717) is 6.04 Å². The molecule has 1 aromatic carbocycles. The van der Waals surface area contributed by atoms with Crippen LogP contribution < -0.4 is 0 Å². The Kier molecular flexibility index (Phi) is 2.54. The molecule has 2 aromatic heterocycles. The quantitative estimate of drug-likeness (QED) is 0.689. The summed E-state index contributed by atoms with van der Waals surface area (Å²) in [7, 11) is 0. The number of H-pyrrole nitrogens is 1. The van der Waals surface area contributed by atoms with Gasteiger partial charge in [-0.3, -0.25) is 4.57 Å². The van der Waals surface area contributed by atoms with Crippen LogP contribution in [0, 0.1) is 11.7 Å². The van der Waals surface area contributed by atoms with Crippen LogP contribution in [0.2, 0.25) is 0 Å². The maximum Gasteiger partial charge on any atom is 0.179 e. The zero-order valence-electron chi connectivity index (χ0n) is 11.3. The summed E-state index contributed by atoms with van der Waals surface area (Å²) < 4.78 is 2.97. The monoisotopic (exact) mass is 281 g/mol. The van der Waals surface area contributed by atoms with E-state index in [1.165, 1.54) is 11.1 Å². The van der Waals surface area contributed by atoms with E-state index in [9.17, 15) is 0 Å². The first-order chi connectivity index (χ1) is 9.72. The second-order valence-corrected chi connectivity index (χ2v) is 5.84. The Hall–Kier alpha value is -1.94. The fourth-order valence-corrected chi connectivity index (χ4v) is 3.50. The third-order valence-electron chi connectivity index (χ3n) is 4.10. The molecule has 1 aliphatic rings. The number of fused-ring (bicyclic) bond motifs is 2. The Morgan fingerprint density at radius 1 is 1.15 bits per heavy atom. The Balaban J connectivity index is 1.86. The predicted octanol–water partition coefficient (Wildman–Crippen LogP) is 3.74. The molecular weight excluding hydrogens is 266 g/mol. The average Bonchev–Trinajstić information content (AvgIpc) is 2.97. The Morgan fingerprint density at radius 2 is 1.85 bits per heavy atom. The zero-order chi connectivity index (χ0) is 13.7. The Bertz CT molecular complexity index is 835. The maximum absolute atomic E-state index is 5.51. The number of benzene rings is 1. The van der Waals surface area contributed by atoms with Crippen LogP contribution >= 0.6 is 12.2 Å². The molecule has 1 aliphatic carbocycles. The maximum atomic E-state index is 5.51. The molecule has 0 unspecified atom stereocenters. The molecule has 100 valence electrons. The second kappa shape index (κ2) is 4.28. The molecular formula is C16H15N3S. The van der Waals surface area contributed by atoms with Crippen LogP contribution in [0.1, 0.15) is 22.9 Å².